The molecule has 0 bridgehead atoms. The molecule has 0 radical (unpaired) electrons. The second-order valence-corrected chi connectivity index (χ2v) is 5.12. The summed E-state index contributed by atoms with van der Waals surface area (Å²) < 4.78 is 6.73. The van der Waals surface area contributed by atoms with E-state index in [0.29, 0.717) is 11.3 Å². The van der Waals surface area contributed by atoms with Crippen molar-refractivity contribution in [1.29, 1.82) is 0 Å². The van der Waals surface area contributed by atoms with E-state index < -0.39 is 11.2 Å². The van der Waals surface area contributed by atoms with Gasteiger partial charge < -0.3 is 10.1 Å². The van der Waals surface area contributed by atoms with Gasteiger partial charge in [-0.2, -0.15) is 0 Å². The summed E-state index contributed by atoms with van der Waals surface area (Å²) in [6.45, 7) is 3.49. The van der Waals surface area contributed by atoms with E-state index in [1.165, 1.54) is 6.20 Å². The van der Waals surface area contributed by atoms with Gasteiger partial charge in [-0.15, -0.1) is 0 Å². The van der Waals surface area contributed by atoms with Crippen LogP contribution in [0.25, 0.3) is 0 Å². The van der Waals surface area contributed by atoms with Crippen LogP contribution < -0.4 is 21.3 Å². The molecule has 0 aliphatic rings. The number of hydrogen-bond donors (Lipinski definition) is 2. The number of pyridine rings is 1. The van der Waals surface area contributed by atoms with E-state index >= 15 is 0 Å². The van der Waals surface area contributed by atoms with Crippen LogP contribution in [0.4, 0.5) is 0 Å². The summed E-state index contributed by atoms with van der Waals surface area (Å²) >= 11 is 0. The third-order valence-electron chi connectivity index (χ3n) is 3.06. The lowest BCUT2D eigenvalue weighted by Gasteiger charge is -2.15. The minimum absolute atomic E-state index is 0.171. The molecule has 122 valence electrons. The Morgan fingerprint density at radius 2 is 2.26 bits per heavy atom. The number of ether oxygens (including phenoxy) is 1. The molecule has 2 heterocycles. The number of hydrogen-bond acceptors (Lipinski definition) is 5. The van der Waals surface area contributed by atoms with Crippen LogP contribution in [0, 0.1) is 6.92 Å². The van der Waals surface area contributed by atoms with Gasteiger partial charge in [-0.3, -0.25) is 24.1 Å². The fraction of sp³-hybridized carbons (Fsp3) is 0.333. The molecule has 2 aromatic heterocycles. The first-order valence-electron chi connectivity index (χ1n) is 7.09. The van der Waals surface area contributed by atoms with Crippen LogP contribution in [0.5, 0.6) is 5.75 Å². The number of amides is 1. The van der Waals surface area contributed by atoms with Crippen LogP contribution in [0.1, 0.15) is 12.5 Å². The van der Waals surface area contributed by atoms with E-state index in [9.17, 15) is 14.4 Å². The van der Waals surface area contributed by atoms with E-state index in [-0.39, 0.29) is 25.1 Å². The lowest BCUT2D eigenvalue weighted by Crippen LogP contribution is -2.39. The van der Waals surface area contributed by atoms with Gasteiger partial charge in [-0.1, -0.05) is 0 Å². The number of nitrogens with one attached hydrogen (secondary N) is 2. The van der Waals surface area contributed by atoms with Crippen molar-refractivity contribution in [2.75, 3.05) is 6.54 Å². The topological polar surface area (TPSA) is 106 Å². The standard InChI is InChI=1S/C15H18N4O4/c1-10-8-19(15(22)18-14(10)21)9-13(20)17-6-11(2)23-12-4-3-5-16-7-12/h3-5,7-8,11H,6,9H2,1-2H3,(H,17,20)(H,18,21,22)/t11-/m0/s1. The van der Waals surface area contributed by atoms with Gasteiger partial charge in [0.25, 0.3) is 5.56 Å². The third-order valence-corrected chi connectivity index (χ3v) is 3.06. The van der Waals surface area contributed by atoms with E-state index in [0.717, 1.165) is 4.57 Å². The van der Waals surface area contributed by atoms with Gasteiger partial charge in [-0.25, -0.2) is 4.79 Å². The summed E-state index contributed by atoms with van der Waals surface area (Å²) in [6, 6.07) is 3.53. The quantitative estimate of drug-likeness (QED) is 0.769. The fourth-order valence-electron chi connectivity index (χ4n) is 1.89. The molecule has 23 heavy (non-hydrogen) atoms. The number of aromatic nitrogens is 3. The molecule has 1 amide bonds. The zero-order valence-corrected chi connectivity index (χ0v) is 12.9. The van der Waals surface area contributed by atoms with E-state index in [2.05, 4.69) is 15.3 Å². The molecule has 0 aliphatic heterocycles. The van der Waals surface area contributed by atoms with Gasteiger partial charge in [0.15, 0.2) is 0 Å². The minimum atomic E-state index is -0.615. The van der Waals surface area contributed by atoms with Crippen LogP contribution >= 0.6 is 0 Å². The first-order chi connectivity index (χ1) is 11.0. The van der Waals surface area contributed by atoms with Crippen LogP contribution in [0.2, 0.25) is 0 Å². The highest BCUT2D eigenvalue weighted by molar-refractivity contribution is 5.75. The molecule has 2 aromatic rings. The van der Waals surface area contributed by atoms with Crippen LogP contribution in [0.3, 0.4) is 0 Å². The van der Waals surface area contributed by atoms with Gasteiger partial charge in [0, 0.05) is 18.0 Å². The van der Waals surface area contributed by atoms with Crippen molar-refractivity contribution in [2.45, 2.75) is 26.5 Å². The highest BCUT2D eigenvalue weighted by atomic mass is 16.5. The smallest absolute Gasteiger partial charge is 0.328 e. The second kappa shape index (κ2) is 7.39. The van der Waals surface area contributed by atoms with E-state index in [1.54, 1.807) is 31.5 Å². The Hall–Kier alpha value is -2.90. The normalized spacial score (nSPS) is 11.7. The largest absolute Gasteiger partial charge is 0.487 e. The second-order valence-electron chi connectivity index (χ2n) is 5.12. The summed E-state index contributed by atoms with van der Waals surface area (Å²) in [5, 5.41) is 2.68. The molecule has 0 spiro atoms. The van der Waals surface area contributed by atoms with Gasteiger partial charge in [0.2, 0.25) is 5.91 Å². The average molecular weight is 318 g/mol. The number of rotatable bonds is 6. The number of aryl methyl sites for hydroxylation is 1. The maximum absolute atomic E-state index is 11.9. The summed E-state index contributed by atoms with van der Waals surface area (Å²) in [5.74, 6) is 0.266. The summed E-state index contributed by atoms with van der Waals surface area (Å²) in [5.41, 5.74) is -0.703. The summed E-state index contributed by atoms with van der Waals surface area (Å²) in [4.78, 5) is 40.8. The Bertz CT molecular complexity index is 782. The summed E-state index contributed by atoms with van der Waals surface area (Å²) in [7, 11) is 0. The summed E-state index contributed by atoms with van der Waals surface area (Å²) in [6.07, 6.45) is 4.33. The molecule has 0 saturated heterocycles. The molecule has 0 aliphatic carbocycles. The van der Waals surface area contributed by atoms with Crippen LogP contribution in [-0.4, -0.2) is 33.1 Å². The molecule has 8 heteroatoms. The monoisotopic (exact) mass is 318 g/mol. The predicted molar refractivity (Wildman–Crippen MR) is 83.4 cm³/mol. The van der Waals surface area contributed by atoms with Gasteiger partial charge >= 0.3 is 5.69 Å². The van der Waals surface area contributed by atoms with Crippen molar-refractivity contribution < 1.29 is 9.53 Å². The molecule has 2 N–H and O–H groups in total. The van der Waals surface area contributed by atoms with Crippen molar-refractivity contribution in [3.63, 3.8) is 0 Å². The Labute approximate surface area is 132 Å². The molecule has 1 atom stereocenters. The number of carbonyl (C=O) groups is 1. The molecule has 0 aromatic carbocycles. The highest BCUT2D eigenvalue weighted by Crippen LogP contribution is 2.08. The maximum atomic E-state index is 11.9. The van der Waals surface area contributed by atoms with Gasteiger partial charge in [-0.05, 0) is 26.0 Å². The lowest BCUT2D eigenvalue weighted by molar-refractivity contribution is -0.122. The van der Waals surface area contributed by atoms with E-state index in [4.69, 9.17) is 4.74 Å². The Morgan fingerprint density at radius 3 is 2.96 bits per heavy atom. The Morgan fingerprint density at radius 1 is 1.48 bits per heavy atom. The minimum Gasteiger partial charge on any atom is -0.487 e. The third kappa shape index (κ3) is 4.80. The molecule has 0 unspecified atom stereocenters. The maximum Gasteiger partial charge on any atom is 0.328 e. The zero-order valence-electron chi connectivity index (χ0n) is 12.9. The molecule has 0 fully saturated rings. The first-order valence-corrected chi connectivity index (χ1v) is 7.09. The molecular formula is C15H18N4O4. The van der Waals surface area contributed by atoms with Gasteiger partial charge in [0.05, 0.1) is 12.7 Å². The molecule has 2 rings (SSSR count). The number of nitrogens with zero attached hydrogens (tertiary/aromatic N) is 2. The van der Waals surface area contributed by atoms with Crippen molar-refractivity contribution >= 4 is 5.91 Å². The predicted octanol–water partition coefficient (Wildman–Crippen LogP) is -0.176. The van der Waals surface area contributed by atoms with E-state index in [1.807, 2.05) is 6.92 Å². The molecule has 8 nitrogen and oxygen atoms in total. The van der Waals surface area contributed by atoms with Crippen LogP contribution in [0.15, 0.2) is 40.3 Å². The Balaban J connectivity index is 1.87. The SMILES string of the molecule is Cc1cn(CC(=O)NC[C@H](C)Oc2cccnc2)c(=O)[nH]c1=O. The van der Waals surface area contributed by atoms with Crippen LogP contribution in [-0.2, 0) is 11.3 Å². The average Bonchev–Trinajstić information content (AvgIpc) is 2.51. The molecule has 0 saturated carbocycles. The zero-order chi connectivity index (χ0) is 16.8. The number of H-pyrrole nitrogens is 1. The van der Waals surface area contributed by atoms with Crippen molar-refractivity contribution in [3.8, 4) is 5.75 Å². The van der Waals surface area contributed by atoms with Gasteiger partial charge in [0.1, 0.15) is 18.4 Å². The number of aromatic amines is 1. The molecular weight excluding hydrogens is 300 g/mol. The lowest BCUT2D eigenvalue weighted by atomic mass is 10.3. The first kappa shape index (κ1) is 16.5. The van der Waals surface area contributed by atoms with Crippen molar-refractivity contribution in [2.24, 2.45) is 0 Å². The van der Waals surface area contributed by atoms with Crippen molar-refractivity contribution in [3.05, 3.63) is 57.1 Å². The Kier molecular flexibility index (Phi) is 5.29. The highest BCUT2D eigenvalue weighted by Gasteiger charge is 2.09. The van der Waals surface area contributed by atoms with Crippen molar-refractivity contribution in [1.82, 2.24) is 19.9 Å². The fourth-order valence-corrected chi connectivity index (χ4v) is 1.89. The number of carbonyl (C=O) groups excluding carboxylic acids is 1.